The Morgan fingerprint density at radius 1 is 0.878 bits per heavy atom. The highest BCUT2D eigenvalue weighted by molar-refractivity contribution is 6.51. The molecule has 1 aromatic heterocycles. The van der Waals surface area contributed by atoms with Crippen molar-refractivity contribution in [1.82, 2.24) is 9.78 Å². The molecule has 202 valence electrons. The maximum atomic E-state index is 10.5. The van der Waals surface area contributed by atoms with Crippen LogP contribution in [0.15, 0.2) is 113 Å². The molecule has 8 heteroatoms. The van der Waals surface area contributed by atoms with E-state index in [0.717, 1.165) is 51.1 Å². The third kappa shape index (κ3) is 4.21. The number of aromatic nitrogens is 2. The second-order valence-electron chi connectivity index (χ2n) is 9.88. The van der Waals surface area contributed by atoms with Gasteiger partial charge in [-0.1, -0.05) is 54.6 Å². The summed E-state index contributed by atoms with van der Waals surface area (Å²) in [5, 5.41) is 19.0. The normalized spacial score (nSPS) is 15.3. The Labute approximate surface area is 237 Å². The summed E-state index contributed by atoms with van der Waals surface area (Å²) in [6.45, 7) is 4.52. The summed E-state index contributed by atoms with van der Waals surface area (Å²) in [5.74, 6) is 2.89. The van der Waals surface area contributed by atoms with Gasteiger partial charge < -0.3 is 20.1 Å². The van der Waals surface area contributed by atoms with Gasteiger partial charge in [-0.2, -0.15) is 5.10 Å². The Morgan fingerprint density at radius 2 is 1.66 bits per heavy atom. The number of ether oxygens (including phenoxy) is 1. The number of aryl methyl sites for hydroxylation is 1. The van der Waals surface area contributed by atoms with Crippen LogP contribution in [0, 0.1) is 6.92 Å². The monoisotopic (exact) mass is 540 g/mol. The van der Waals surface area contributed by atoms with Crippen LogP contribution in [0.1, 0.15) is 29.8 Å². The molecule has 0 fully saturated rings. The Morgan fingerprint density at radius 3 is 2.49 bits per heavy atom. The number of benzene rings is 4. The molecule has 7 rings (SSSR count). The minimum absolute atomic E-state index is 0.198. The molecule has 0 bridgehead atoms. The summed E-state index contributed by atoms with van der Waals surface area (Å²) in [5.41, 5.74) is 6.17. The average Bonchev–Trinajstić information content (AvgIpc) is 3.33. The van der Waals surface area contributed by atoms with Crippen LogP contribution in [-0.2, 0) is 0 Å². The van der Waals surface area contributed by atoms with Crippen molar-refractivity contribution in [3.8, 4) is 17.2 Å². The third-order valence-electron chi connectivity index (χ3n) is 7.26. The lowest BCUT2D eigenvalue weighted by Gasteiger charge is -2.40. The van der Waals surface area contributed by atoms with Gasteiger partial charge in [0.15, 0.2) is 17.5 Å². The van der Waals surface area contributed by atoms with Crippen molar-refractivity contribution in [3.05, 3.63) is 120 Å². The van der Waals surface area contributed by atoms with E-state index in [1.807, 2.05) is 110 Å². The summed E-state index contributed by atoms with van der Waals surface area (Å²) < 4.78 is 7.80. The molecule has 0 aliphatic carbocycles. The first kappa shape index (κ1) is 24.7. The topological polar surface area (TPSA) is 87.3 Å². The lowest BCUT2D eigenvalue weighted by Crippen LogP contribution is -2.46. The summed E-state index contributed by atoms with van der Waals surface area (Å²) >= 11 is 0. The zero-order valence-corrected chi connectivity index (χ0v) is 22.7. The van der Waals surface area contributed by atoms with Gasteiger partial charge in [0.2, 0.25) is 0 Å². The molecular formula is C33H28N6O2. The number of hydrogen-bond donors (Lipinski definition) is 2. The van der Waals surface area contributed by atoms with Crippen LogP contribution < -0.4 is 15.0 Å². The number of amidine groups is 2. The summed E-state index contributed by atoms with van der Waals surface area (Å²) in [6, 6.07) is 32.9. The summed E-state index contributed by atoms with van der Waals surface area (Å²) in [6.07, 6.45) is 0. The fraction of sp³-hybridized carbons (Fsp3) is 0.121. The van der Waals surface area contributed by atoms with Crippen LogP contribution in [0.3, 0.4) is 0 Å². The number of phenolic OH excluding ortho intramolecular Hbond substituents is 1. The van der Waals surface area contributed by atoms with E-state index in [2.05, 4.69) is 16.3 Å². The molecule has 2 N–H and O–H groups in total. The van der Waals surface area contributed by atoms with E-state index >= 15 is 0 Å². The molecule has 41 heavy (non-hydrogen) atoms. The summed E-state index contributed by atoms with van der Waals surface area (Å²) in [4.78, 5) is 12.5. The van der Waals surface area contributed by atoms with Gasteiger partial charge in [-0.3, -0.25) is 0 Å². The number of para-hydroxylation sites is 5. The van der Waals surface area contributed by atoms with Gasteiger partial charge in [0.1, 0.15) is 11.5 Å². The van der Waals surface area contributed by atoms with Crippen LogP contribution in [0.5, 0.6) is 11.5 Å². The molecule has 8 nitrogen and oxygen atoms in total. The number of anilines is 2. The molecule has 2 aliphatic heterocycles. The quantitative estimate of drug-likeness (QED) is 0.249. The molecule has 0 saturated carbocycles. The van der Waals surface area contributed by atoms with Crippen molar-refractivity contribution in [2.24, 2.45) is 9.98 Å². The minimum atomic E-state index is -0.322. The van der Waals surface area contributed by atoms with Crippen molar-refractivity contribution < 1.29 is 9.84 Å². The Kier molecular flexibility index (Phi) is 6.00. The van der Waals surface area contributed by atoms with Crippen molar-refractivity contribution in [3.63, 3.8) is 0 Å². The molecule has 0 radical (unpaired) electrons. The Balaban J connectivity index is 1.49. The average molecular weight is 541 g/mol. The highest BCUT2D eigenvalue weighted by atomic mass is 16.5. The number of nitrogens with zero attached hydrogens (tertiary/aromatic N) is 5. The SMILES string of the molecule is CCOc1ccccc1NC1=Nc2ccccc2N2C1=Nc1c(c(C)nn1-c1ccccc1)[C@H]2c1cccc(O)c1. The summed E-state index contributed by atoms with van der Waals surface area (Å²) in [7, 11) is 0. The van der Waals surface area contributed by atoms with Crippen molar-refractivity contribution in [2.75, 3.05) is 16.8 Å². The highest BCUT2D eigenvalue weighted by Crippen LogP contribution is 2.48. The number of rotatable bonds is 5. The lowest BCUT2D eigenvalue weighted by molar-refractivity contribution is 0.342. The second kappa shape index (κ2) is 9.98. The molecule has 0 spiro atoms. The van der Waals surface area contributed by atoms with Gasteiger partial charge in [-0.25, -0.2) is 14.7 Å². The molecular weight excluding hydrogens is 512 g/mol. The van der Waals surface area contributed by atoms with Crippen LogP contribution in [0.2, 0.25) is 0 Å². The molecule has 4 aromatic carbocycles. The van der Waals surface area contributed by atoms with Crippen LogP contribution in [-0.4, -0.2) is 33.2 Å². The standard InChI is InChI=1S/C33H28N6O2/c1-3-41-28-19-10-8-17-26(28)35-31-33-36-32-29(21(2)37-39(32)23-13-5-4-6-14-23)30(22-12-11-15-24(40)20-22)38(33)27-18-9-7-16-25(27)34-31/h4-20,30,40H,3H2,1-2H3,(H,34,35)/t30-/m1/s1. The van der Waals surface area contributed by atoms with Crippen molar-refractivity contribution in [1.29, 1.82) is 0 Å². The van der Waals surface area contributed by atoms with Crippen molar-refractivity contribution >= 4 is 34.6 Å². The lowest BCUT2D eigenvalue weighted by atomic mass is 9.93. The number of aliphatic imine (C=N–C) groups is 2. The van der Waals surface area contributed by atoms with Gasteiger partial charge in [0.25, 0.3) is 0 Å². The van der Waals surface area contributed by atoms with Gasteiger partial charge >= 0.3 is 0 Å². The molecule has 5 aromatic rings. The predicted octanol–water partition coefficient (Wildman–Crippen LogP) is 7.08. The highest BCUT2D eigenvalue weighted by Gasteiger charge is 2.41. The van der Waals surface area contributed by atoms with E-state index in [0.29, 0.717) is 18.3 Å². The number of fused-ring (bicyclic) bond motifs is 4. The van der Waals surface area contributed by atoms with E-state index < -0.39 is 0 Å². The number of nitrogens with one attached hydrogen (secondary N) is 1. The molecule has 0 unspecified atom stereocenters. The van der Waals surface area contributed by atoms with Gasteiger partial charge in [-0.15, -0.1) is 0 Å². The first-order chi connectivity index (χ1) is 20.1. The van der Waals surface area contributed by atoms with Crippen LogP contribution >= 0.6 is 0 Å². The smallest absolute Gasteiger partial charge is 0.179 e. The fourth-order valence-corrected chi connectivity index (χ4v) is 5.54. The van der Waals surface area contributed by atoms with E-state index in [1.54, 1.807) is 6.07 Å². The number of phenols is 1. The van der Waals surface area contributed by atoms with E-state index in [1.165, 1.54) is 0 Å². The first-order valence-electron chi connectivity index (χ1n) is 13.6. The Hall–Kier alpha value is -5.37. The van der Waals surface area contributed by atoms with E-state index in [4.69, 9.17) is 19.8 Å². The molecule has 2 aliphatic rings. The van der Waals surface area contributed by atoms with Crippen LogP contribution in [0.4, 0.5) is 22.9 Å². The largest absolute Gasteiger partial charge is 0.508 e. The predicted molar refractivity (Wildman–Crippen MR) is 163 cm³/mol. The maximum Gasteiger partial charge on any atom is 0.179 e. The zero-order valence-electron chi connectivity index (χ0n) is 22.7. The van der Waals surface area contributed by atoms with Gasteiger partial charge in [-0.05, 0) is 67.9 Å². The van der Waals surface area contributed by atoms with Crippen molar-refractivity contribution in [2.45, 2.75) is 19.9 Å². The van der Waals surface area contributed by atoms with E-state index in [9.17, 15) is 5.11 Å². The van der Waals surface area contributed by atoms with Gasteiger partial charge in [0.05, 0.1) is 41.1 Å². The number of aromatic hydroxyl groups is 1. The van der Waals surface area contributed by atoms with Gasteiger partial charge in [0, 0.05) is 5.56 Å². The van der Waals surface area contributed by atoms with E-state index in [-0.39, 0.29) is 11.8 Å². The Bertz CT molecular complexity index is 1830. The minimum Gasteiger partial charge on any atom is -0.508 e. The molecule has 1 atom stereocenters. The molecule has 3 heterocycles. The fourth-order valence-electron chi connectivity index (χ4n) is 5.54. The maximum absolute atomic E-state index is 10.5. The number of hydrogen-bond acceptors (Lipinski definition) is 7. The first-order valence-corrected chi connectivity index (χ1v) is 13.6. The second-order valence-corrected chi connectivity index (χ2v) is 9.88. The third-order valence-corrected chi connectivity index (χ3v) is 7.26. The van der Waals surface area contributed by atoms with Crippen LogP contribution in [0.25, 0.3) is 5.69 Å². The molecule has 0 amide bonds. The zero-order chi connectivity index (χ0) is 27.9. The molecule has 0 saturated heterocycles.